The summed E-state index contributed by atoms with van der Waals surface area (Å²) in [5.41, 5.74) is 2.37. The lowest BCUT2D eigenvalue weighted by Gasteiger charge is -2.09. The van der Waals surface area contributed by atoms with Crippen molar-refractivity contribution in [3.05, 3.63) is 65.3 Å². The first-order valence-corrected chi connectivity index (χ1v) is 7.83. The number of nitrogens with one attached hydrogen (secondary N) is 1. The molecule has 1 aliphatic rings. The van der Waals surface area contributed by atoms with Crippen LogP contribution in [0, 0.1) is 5.82 Å². The minimum Gasteiger partial charge on any atom is -0.469 e. The van der Waals surface area contributed by atoms with Gasteiger partial charge in [-0.1, -0.05) is 23.8 Å². The monoisotopic (exact) mass is 333 g/mol. The molecule has 0 radical (unpaired) electrons. The number of anilines is 1. The number of methoxy groups -OCH3 is 1. The number of ether oxygens (including phenoxy) is 1. The Balaban J connectivity index is 2.02. The van der Waals surface area contributed by atoms with E-state index >= 15 is 0 Å². The highest BCUT2D eigenvalue weighted by Gasteiger charge is 2.09. The highest BCUT2D eigenvalue weighted by atomic mass is 19.1. The van der Waals surface area contributed by atoms with Gasteiger partial charge >= 0.3 is 5.97 Å². The zero-order chi connectivity index (χ0) is 17.4. The molecule has 1 aromatic rings. The molecule has 1 aliphatic carbocycles. The van der Waals surface area contributed by atoms with Crippen LogP contribution < -0.4 is 5.32 Å². The van der Waals surface area contributed by atoms with Crippen molar-refractivity contribution in [1.82, 2.24) is 0 Å². The van der Waals surface area contributed by atoms with Gasteiger partial charge in [0, 0.05) is 18.7 Å². The van der Waals surface area contributed by atoms with Gasteiger partial charge in [-0.25, -0.2) is 8.78 Å². The Kier molecular flexibility index (Phi) is 6.73. The number of hydrogen-bond acceptors (Lipinski definition) is 3. The second-order valence-electron chi connectivity index (χ2n) is 5.61. The highest BCUT2D eigenvalue weighted by Crippen LogP contribution is 2.21. The maximum atomic E-state index is 14.0. The number of carbonyl (C=O) groups excluding carboxylic acids is 1. The summed E-state index contributed by atoms with van der Waals surface area (Å²) in [5.74, 6) is -0.879. The van der Waals surface area contributed by atoms with Crippen LogP contribution in [0.2, 0.25) is 0 Å². The number of rotatable bonds is 5. The fraction of sp³-hybridized carbons (Fsp3) is 0.316. The van der Waals surface area contributed by atoms with Crippen LogP contribution in [0.1, 0.15) is 25.7 Å². The van der Waals surface area contributed by atoms with Gasteiger partial charge in [0.25, 0.3) is 0 Å². The van der Waals surface area contributed by atoms with Crippen molar-refractivity contribution in [3.8, 4) is 0 Å². The number of carbonyl (C=O) groups is 1. The molecular weight excluding hydrogens is 312 g/mol. The van der Waals surface area contributed by atoms with E-state index in [1.165, 1.54) is 25.3 Å². The number of allylic oxidation sites excluding steroid dienone is 4. The fourth-order valence-corrected chi connectivity index (χ4v) is 2.43. The SMILES string of the molecule is COC(=O)C/C1=C/C/C=C(/CNc2cccc(F)c2)C/C(F)=C/C1. The van der Waals surface area contributed by atoms with Gasteiger partial charge < -0.3 is 10.1 Å². The average Bonchev–Trinajstić information content (AvgIpc) is 2.64. The first kappa shape index (κ1) is 17.9. The quantitative estimate of drug-likeness (QED) is 0.627. The third-order valence-corrected chi connectivity index (χ3v) is 3.74. The van der Waals surface area contributed by atoms with Gasteiger partial charge in [0.15, 0.2) is 0 Å². The molecule has 0 spiro atoms. The standard InChI is InChI=1S/C19H21F2NO2/c1-24-19(23)11-14-4-2-5-15(10-17(21)9-8-14)13-22-18-7-3-6-16(20)12-18/h3-7,9,12,22H,2,8,10-11,13H2,1H3/b14-4+,15-5+,17-9-. The van der Waals surface area contributed by atoms with Gasteiger partial charge in [-0.2, -0.15) is 0 Å². The normalized spacial score (nSPS) is 21.7. The van der Waals surface area contributed by atoms with Crippen molar-refractivity contribution in [2.45, 2.75) is 25.7 Å². The van der Waals surface area contributed by atoms with Gasteiger partial charge in [0.05, 0.1) is 13.5 Å². The molecule has 0 bridgehead atoms. The molecule has 5 heteroatoms. The summed E-state index contributed by atoms with van der Waals surface area (Å²) in [6.45, 7) is 0.435. The lowest BCUT2D eigenvalue weighted by molar-refractivity contribution is -0.139. The molecule has 0 saturated carbocycles. The van der Waals surface area contributed by atoms with Gasteiger partial charge in [-0.3, -0.25) is 4.79 Å². The summed E-state index contributed by atoms with van der Waals surface area (Å²) in [6, 6.07) is 6.16. The second-order valence-corrected chi connectivity index (χ2v) is 5.61. The molecule has 0 heterocycles. The molecule has 0 atom stereocenters. The van der Waals surface area contributed by atoms with Gasteiger partial charge in [0.2, 0.25) is 0 Å². The third kappa shape index (κ3) is 5.99. The topological polar surface area (TPSA) is 38.3 Å². The Hall–Kier alpha value is -2.43. The summed E-state index contributed by atoms with van der Waals surface area (Å²) in [7, 11) is 1.34. The van der Waals surface area contributed by atoms with Crippen molar-refractivity contribution < 1.29 is 18.3 Å². The molecule has 0 unspecified atom stereocenters. The van der Waals surface area contributed by atoms with E-state index in [1.807, 2.05) is 12.2 Å². The van der Waals surface area contributed by atoms with Crippen molar-refractivity contribution in [1.29, 1.82) is 0 Å². The predicted octanol–water partition coefficient (Wildman–Crippen LogP) is 4.69. The summed E-state index contributed by atoms with van der Waals surface area (Å²) < 4.78 is 31.9. The summed E-state index contributed by atoms with van der Waals surface area (Å²) in [4.78, 5) is 11.4. The molecule has 3 nitrogen and oxygen atoms in total. The molecule has 1 N–H and O–H groups in total. The van der Waals surface area contributed by atoms with E-state index in [0.717, 1.165) is 11.1 Å². The molecule has 128 valence electrons. The number of hydrogen-bond donors (Lipinski definition) is 1. The summed E-state index contributed by atoms with van der Waals surface area (Å²) in [6.07, 6.45) is 6.76. The Morgan fingerprint density at radius 2 is 2.00 bits per heavy atom. The van der Waals surface area contributed by atoms with E-state index in [1.54, 1.807) is 12.1 Å². The average molecular weight is 333 g/mol. The van der Waals surface area contributed by atoms with Gasteiger partial charge in [0.1, 0.15) is 11.6 Å². The highest BCUT2D eigenvalue weighted by molar-refractivity contribution is 5.72. The fourth-order valence-electron chi connectivity index (χ4n) is 2.43. The first-order valence-electron chi connectivity index (χ1n) is 7.83. The Bertz CT molecular complexity index is 678. The first-order chi connectivity index (χ1) is 11.6. The van der Waals surface area contributed by atoms with E-state index in [-0.39, 0.29) is 30.5 Å². The molecule has 0 aromatic heterocycles. The van der Waals surface area contributed by atoms with E-state index in [4.69, 9.17) is 0 Å². The smallest absolute Gasteiger partial charge is 0.309 e. The minimum absolute atomic E-state index is 0.172. The maximum Gasteiger partial charge on any atom is 0.309 e. The van der Waals surface area contributed by atoms with Crippen molar-refractivity contribution in [2.24, 2.45) is 0 Å². The van der Waals surface area contributed by atoms with E-state index < -0.39 is 0 Å². The molecule has 24 heavy (non-hydrogen) atoms. The lowest BCUT2D eigenvalue weighted by atomic mass is 10.1. The van der Waals surface area contributed by atoms with Crippen LogP contribution in [0.4, 0.5) is 14.5 Å². The minimum atomic E-state index is -0.328. The van der Waals surface area contributed by atoms with Gasteiger partial charge in [-0.05, 0) is 42.7 Å². The van der Waals surface area contributed by atoms with Crippen LogP contribution in [0.3, 0.4) is 0 Å². The van der Waals surface area contributed by atoms with Crippen LogP contribution in [-0.2, 0) is 9.53 Å². The second kappa shape index (κ2) is 9.01. The molecule has 2 rings (SSSR count). The molecule has 0 amide bonds. The number of esters is 1. The number of benzene rings is 1. The lowest BCUT2D eigenvalue weighted by Crippen LogP contribution is -2.05. The zero-order valence-electron chi connectivity index (χ0n) is 13.6. The van der Waals surface area contributed by atoms with E-state index in [2.05, 4.69) is 10.1 Å². The number of halogens is 2. The Labute approximate surface area is 140 Å². The van der Waals surface area contributed by atoms with E-state index in [0.29, 0.717) is 25.1 Å². The van der Waals surface area contributed by atoms with Crippen LogP contribution in [0.25, 0.3) is 0 Å². The van der Waals surface area contributed by atoms with Crippen LogP contribution in [-0.4, -0.2) is 19.6 Å². The van der Waals surface area contributed by atoms with Gasteiger partial charge in [-0.15, -0.1) is 0 Å². The van der Waals surface area contributed by atoms with Crippen LogP contribution >= 0.6 is 0 Å². The summed E-state index contributed by atoms with van der Waals surface area (Å²) >= 11 is 0. The van der Waals surface area contributed by atoms with Crippen molar-refractivity contribution in [2.75, 3.05) is 19.0 Å². The summed E-state index contributed by atoms with van der Waals surface area (Å²) in [5, 5.41) is 3.10. The largest absolute Gasteiger partial charge is 0.469 e. The van der Waals surface area contributed by atoms with Crippen molar-refractivity contribution >= 4 is 11.7 Å². The zero-order valence-corrected chi connectivity index (χ0v) is 13.6. The Morgan fingerprint density at radius 1 is 1.21 bits per heavy atom. The van der Waals surface area contributed by atoms with E-state index in [9.17, 15) is 13.6 Å². The van der Waals surface area contributed by atoms with Crippen LogP contribution in [0.15, 0.2) is 59.5 Å². The molecular formula is C19H21F2NO2. The molecule has 0 fully saturated rings. The molecule has 1 aromatic carbocycles. The molecule has 0 saturated heterocycles. The predicted molar refractivity (Wildman–Crippen MR) is 90.7 cm³/mol. The van der Waals surface area contributed by atoms with Crippen LogP contribution in [0.5, 0.6) is 0 Å². The Morgan fingerprint density at radius 3 is 2.75 bits per heavy atom. The third-order valence-electron chi connectivity index (χ3n) is 3.74. The van der Waals surface area contributed by atoms with Crippen molar-refractivity contribution in [3.63, 3.8) is 0 Å². The molecule has 0 aliphatic heterocycles. The maximum absolute atomic E-state index is 14.0.